The van der Waals surface area contributed by atoms with Crippen LogP contribution >= 0.6 is 15.9 Å². The number of carbonyl (C=O) groups is 1. The van der Waals surface area contributed by atoms with E-state index in [1.54, 1.807) is 10.9 Å². The van der Waals surface area contributed by atoms with Crippen molar-refractivity contribution in [1.82, 2.24) is 18.9 Å². The molecule has 2 rings (SSSR count). The van der Waals surface area contributed by atoms with Crippen molar-refractivity contribution >= 4 is 27.7 Å². The maximum Gasteiger partial charge on any atom is 0.332 e. The molecule has 1 amide bonds. The first-order valence-corrected chi connectivity index (χ1v) is 6.95. The van der Waals surface area contributed by atoms with Crippen molar-refractivity contribution in [3.8, 4) is 0 Å². The summed E-state index contributed by atoms with van der Waals surface area (Å²) in [4.78, 5) is 35.6. The van der Waals surface area contributed by atoms with Crippen LogP contribution in [0.2, 0.25) is 0 Å². The summed E-state index contributed by atoms with van der Waals surface area (Å²) in [6.07, 6.45) is 1.68. The minimum Gasteiger partial charge on any atom is -0.306 e. The summed E-state index contributed by atoms with van der Waals surface area (Å²) in [6.45, 7) is 2.52. The molecule has 2 heterocycles. The molecule has 0 aliphatic heterocycles. The number of hydrogen-bond acceptors (Lipinski definition) is 4. The third-order valence-electron chi connectivity index (χ3n) is 3.02. The predicted molar refractivity (Wildman–Crippen MR) is 80.5 cm³/mol. The third-order valence-corrected chi connectivity index (χ3v) is 3.60. The molecule has 0 atom stereocenters. The zero-order valence-electron chi connectivity index (χ0n) is 11.8. The molecule has 0 aliphatic carbocycles. The fourth-order valence-corrected chi connectivity index (χ4v) is 2.24. The lowest BCUT2D eigenvalue weighted by Crippen LogP contribution is -2.38. The van der Waals surface area contributed by atoms with Gasteiger partial charge in [-0.3, -0.25) is 23.4 Å². The summed E-state index contributed by atoms with van der Waals surface area (Å²) in [5.41, 5.74) is -0.826. The molecule has 1 N–H and O–H groups in total. The Bertz CT molecular complexity index is 817. The molecule has 8 nitrogen and oxygen atoms in total. The number of rotatable bonds is 3. The molecular formula is C12H14BrN5O3. The second-order valence-corrected chi connectivity index (χ2v) is 5.26. The van der Waals surface area contributed by atoms with E-state index in [1.165, 1.54) is 24.7 Å². The van der Waals surface area contributed by atoms with Crippen molar-refractivity contribution in [2.45, 2.75) is 13.5 Å². The average molecular weight is 356 g/mol. The maximum atomic E-state index is 12.2. The van der Waals surface area contributed by atoms with E-state index in [1.807, 2.05) is 6.92 Å². The fourth-order valence-electron chi connectivity index (χ4n) is 1.74. The van der Waals surface area contributed by atoms with Crippen LogP contribution in [0.3, 0.4) is 0 Å². The van der Waals surface area contributed by atoms with Gasteiger partial charge >= 0.3 is 5.69 Å². The Morgan fingerprint density at radius 3 is 2.57 bits per heavy atom. The molecule has 0 fully saturated rings. The number of anilines is 1. The maximum absolute atomic E-state index is 12.2. The lowest BCUT2D eigenvalue weighted by Gasteiger charge is -2.09. The predicted octanol–water partition coefficient (Wildman–Crippen LogP) is 0.315. The summed E-state index contributed by atoms with van der Waals surface area (Å²) in [6, 6.07) is 1.18. The quantitative estimate of drug-likeness (QED) is 0.857. The summed E-state index contributed by atoms with van der Waals surface area (Å²) >= 11 is 3.25. The first-order chi connectivity index (χ1) is 9.85. The molecule has 9 heteroatoms. The van der Waals surface area contributed by atoms with Crippen LogP contribution < -0.4 is 16.6 Å². The molecule has 0 bridgehead atoms. The molecule has 0 radical (unpaired) electrons. The van der Waals surface area contributed by atoms with Crippen molar-refractivity contribution < 1.29 is 4.79 Å². The summed E-state index contributed by atoms with van der Waals surface area (Å²) in [5, 5.41) is 6.62. The molecular weight excluding hydrogens is 342 g/mol. The Kier molecular flexibility index (Phi) is 4.12. The number of nitrogens with zero attached hydrogens (tertiary/aromatic N) is 4. The van der Waals surface area contributed by atoms with Gasteiger partial charge in [-0.2, -0.15) is 5.10 Å². The van der Waals surface area contributed by atoms with Gasteiger partial charge in [0.25, 0.3) is 11.5 Å². The Balaban J connectivity index is 2.38. The van der Waals surface area contributed by atoms with Gasteiger partial charge in [0.2, 0.25) is 0 Å². The van der Waals surface area contributed by atoms with Gasteiger partial charge in [-0.05, 0) is 22.9 Å². The Hall–Kier alpha value is -2.16. The number of nitrogens with one attached hydrogen (secondary N) is 1. The van der Waals surface area contributed by atoms with Crippen molar-refractivity contribution in [1.29, 1.82) is 0 Å². The highest BCUT2D eigenvalue weighted by Crippen LogP contribution is 2.16. The Morgan fingerprint density at radius 1 is 1.33 bits per heavy atom. The highest BCUT2D eigenvalue weighted by atomic mass is 79.9. The molecule has 0 saturated heterocycles. The normalized spacial score (nSPS) is 10.7. The molecule has 0 unspecified atom stereocenters. The molecule has 112 valence electrons. The first kappa shape index (κ1) is 15.2. The van der Waals surface area contributed by atoms with Gasteiger partial charge in [0, 0.05) is 32.9 Å². The van der Waals surface area contributed by atoms with Gasteiger partial charge in [0.15, 0.2) is 5.69 Å². The number of hydrogen-bond donors (Lipinski definition) is 1. The zero-order valence-corrected chi connectivity index (χ0v) is 13.3. The van der Waals surface area contributed by atoms with E-state index in [9.17, 15) is 14.4 Å². The minimum absolute atomic E-state index is 0.117. The second-order valence-electron chi connectivity index (χ2n) is 4.40. The topological polar surface area (TPSA) is 90.9 Å². The molecule has 0 aromatic carbocycles. The SMILES string of the molecule is CCn1cc(Br)c(C(=O)Nc2cc(=O)n(C)c(=O)n2C)n1. The number of halogens is 1. The molecule has 0 saturated carbocycles. The molecule has 0 spiro atoms. The summed E-state index contributed by atoms with van der Waals surface area (Å²) in [5.74, 6) is -0.386. The highest BCUT2D eigenvalue weighted by Gasteiger charge is 2.17. The van der Waals surface area contributed by atoms with E-state index < -0.39 is 17.2 Å². The number of amides is 1. The van der Waals surface area contributed by atoms with Gasteiger partial charge in [0.05, 0.1) is 4.47 Å². The van der Waals surface area contributed by atoms with Gasteiger partial charge in [-0.1, -0.05) is 0 Å². The van der Waals surface area contributed by atoms with E-state index >= 15 is 0 Å². The lowest BCUT2D eigenvalue weighted by molar-refractivity contribution is 0.102. The number of aromatic nitrogens is 4. The van der Waals surface area contributed by atoms with Crippen LogP contribution in [0.1, 0.15) is 17.4 Å². The largest absolute Gasteiger partial charge is 0.332 e. The van der Waals surface area contributed by atoms with Gasteiger partial charge in [-0.15, -0.1) is 0 Å². The van der Waals surface area contributed by atoms with E-state index in [-0.39, 0.29) is 11.5 Å². The standard InChI is InChI=1S/C12H14BrN5O3/c1-4-18-6-7(13)10(15-18)11(20)14-8-5-9(19)17(3)12(21)16(8)2/h5-6H,4H2,1-3H3,(H,14,20). The molecule has 2 aromatic heterocycles. The summed E-state index contributed by atoms with van der Waals surface area (Å²) in [7, 11) is 2.84. The number of aryl methyl sites for hydroxylation is 1. The number of carbonyl (C=O) groups excluding carboxylic acids is 1. The molecule has 2 aromatic rings. The van der Waals surface area contributed by atoms with Crippen molar-refractivity contribution in [2.75, 3.05) is 5.32 Å². The van der Waals surface area contributed by atoms with Crippen LogP contribution in [-0.4, -0.2) is 24.8 Å². The van der Waals surface area contributed by atoms with Crippen LogP contribution in [0.5, 0.6) is 0 Å². The van der Waals surface area contributed by atoms with E-state index in [0.29, 0.717) is 11.0 Å². The lowest BCUT2D eigenvalue weighted by atomic mass is 10.4. The second kappa shape index (κ2) is 5.68. The van der Waals surface area contributed by atoms with Crippen molar-refractivity contribution in [2.24, 2.45) is 14.1 Å². The van der Waals surface area contributed by atoms with Crippen molar-refractivity contribution in [3.05, 3.63) is 43.3 Å². The van der Waals surface area contributed by atoms with E-state index in [0.717, 1.165) is 4.57 Å². The van der Waals surface area contributed by atoms with Gasteiger partial charge in [0.1, 0.15) is 5.82 Å². The third kappa shape index (κ3) is 2.82. The van der Waals surface area contributed by atoms with Gasteiger partial charge in [-0.25, -0.2) is 4.79 Å². The first-order valence-electron chi connectivity index (χ1n) is 6.16. The van der Waals surface area contributed by atoms with E-state index in [2.05, 4.69) is 26.3 Å². The zero-order chi connectivity index (χ0) is 15.7. The van der Waals surface area contributed by atoms with Gasteiger partial charge < -0.3 is 5.32 Å². The Labute approximate surface area is 128 Å². The summed E-state index contributed by atoms with van der Waals surface area (Å²) < 4.78 is 4.28. The fraction of sp³-hybridized carbons (Fsp3) is 0.333. The van der Waals surface area contributed by atoms with E-state index in [4.69, 9.17) is 0 Å². The van der Waals surface area contributed by atoms with Crippen LogP contribution in [0.4, 0.5) is 5.82 Å². The van der Waals surface area contributed by atoms with Crippen LogP contribution in [0.15, 0.2) is 26.3 Å². The van der Waals surface area contributed by atoms with Crippen molar-refractivity contribution in [3.63, 3.8) is 0 Å². The average Bonchev–Trinajstić information content (AvgIpc) is 2.83. The Morgan fingerprint density at radius 2 is 2.00 bits per heavy atom. The van der Waals surface area contributed by atoms with Crippen LogP contribution in [0, 0.1) is 0 Å². The molecule has 21 heavy (non-hydrogen) atoms. The smallest absolute Gasteiger partial charge is 0.306 e. The van der Waals surface area contributed by atoms with Crippen LogP contribution in [-0.2, 0) is 20.6 Å². The minimum atomic E-state index is -0.518. The van der Waals surface area contributed by atoms with Crippen LogP contribution in [0.25, 0.3) is 0 Å². The monoisotopic (exact) mass is 355 g/mol. The molecule has 0 aliphatic rings. The highest BCUT2D eigenvalue weighted by molar-refractivity contribution is 9.10.